The summed E-state index contributed by atoms with van der Waals surface area (Å²) >= 11 is 1.72. The number of hydrogen-bond donors (Lipinski definition) is 2. The third-order valence-corrected chi connectivity index (χ3v) is 5.16. The predicted octanol–water partition coefficient (Wildman–Crippen LogP) is 3.68. The third-order valence-electron chi connectivity index (χ3n) is 4.31. The SMILES string of the molecule is CN=C(NCc1nc(C(C)(C)C)cs1)NC1CCC(C)CC1. The van der Waals surface area contributed by atoms with Gasteiger partial charge in [0.25, 0.3) is 0 Å². The van der Waals surface area contributed by atoms with Gasteiger partial charge in [-0.2, -0.15) is 0 Å². The zero-order chi connectivity index (χ0) is 16.2. The van der Waals surface area contributed by atoms with Crippen molar-refractivity contribution in [3.63, 3.8) is 0 Å². The van der Waals surface area contributed by atoms with E-state index in [-0.39, 0.29) is 5.41 Å². The molecule has 1 fully saturated rings. The minimum absolute atomic E-state index is 0.119. The van der Waals surface area contributed by atoms with Crippen LogP contribution in [0.1, 0.15) is 64.1 Å². The number of guanidine groups is 1. The van der Waals surface area contributed by atoms with Gasteiger partial charge in [0.1, 0.15) is 5.01 Å². The molecule has 0 aliphatic heterocycles. The van der Waals surface area contributed by atoms with Crippen LogP contribution in [0.5, 0.6) is 0 Å². The number of aliphatic imine (C=N–C) groups is 1. The van der Waals surface area contributed by atoms with Crippen molar-refractivity contribution < 1.29 is 0 Å². The van der Waals surface area contributed by atoms with E-state index < -0.39 is 0 Å². The Hall–Kier alpha value is -1.10. The zero-order valence-electron chi connectivity index (χ0n) is 14.6. The van der Waals surface area contributed by atoms with E-state index >= 15 is 0 Å². The molecule has 0 unspecified atom stereocenters. The van der Waals surface area contributed by atoms with Crippen LogP contribution < -0.4 is 10.6 Å². The molecule has 1 saturated carbocycles. The van der Waals surface area contributed by atoms with Gasteiger partial charge in [0.2, 0.25) is 0 Å². The average Bonchev–Trinajstić information content (AvgIpc) is 2.94. The van der Waals surface area contributed by atoms with Crippen LogP contribution >= 0.6 is 11.3 Å². The fraction of sp³-hybridized carbons (Fsp3) is 0.765. The number of nitrogens with zero attached hydrogens (tertiary/aromatic N) is 2. The Balaban J connectivity index is 1.82. The Bertz CT molecular complexity index is 493. The summed E-state index contributed by atoms with van der Waals surface area (Å²) in [6.45, 7) is 9.68. The maximum absolute atomic E-state index is 4.72. The second-order valence-electron chi connectivity index (χ2n) is 7.40. The second-order valence-corrected chi connectivity index (χ2v) is 8.35. The number of thiazole rings is 1. The van der Waals surface area contributed by atoms with Gasteiger partial charge in [-0.1, -0.05) is 27.7 Å². The fourth-order valence-corrected chi connectivity index (χ4v) is 3.65. The van der Waals surface area contributed by atoms with E-state index in [2.05, 4.69) is 48.7 Å². The summed E-state index contributed by atoms with van der Waals surface area (Å²) in [5.74, 6) is 1.77. The van der Waals surface area contributed by atoms with E-state index in [4.69, 9.17) is 4.98 Å². The summed E-state index contributed by atoms with van der Waals surface area (Å²) in [4.78, 5) is 9.06. The minimum Gasteiger partial charge on any atom is -0.354 e. The lowest BCUT2D eigenvalue weighted by Gasteiger charge is -2.28. The van der Waals surface area contributed by atoms with Crippen molar-refractivity contribution in [2.24, 2.45) is 10.9 Å². The molecule has 1 aromatic rings. The number of hydrogen-bond acceptors (Lipinski definition) is 3. The van der Waals surface area contributed by atoms with Crippen molar-refractivity contribution in [2.45, 2.75) is 71.4 Å². The molecule has 0 radical (unpaired) electrons. The molecule has 1 aliphatic rings. The van der Waals surface area contributed by atoms with E-state index in [1.165, 1.54) is 31.4 Å². The molecule has 1 aromatic heterocycles. The molecule has 5 heteroatoms. The van der Waals surface area contributed by atoms with E-state index in [0.717, 1.165) is 23.4 Å². The van der Waals surface area contributed by atoms with Gasteiger partial charge in [-0.15, -0.1) is 11.3 Å². The Morgan fingerprint density at radius 3 is 2.55 bits per heavy atom. The van der Waals surface area contributed by atoms with Crippen LogP contribution in [0.4, 0.5) is 0 Å². The monoisotopic (exact) mass is 322 g/mol. The fourth-order valence-electron chi connectivity index (χ4n) is 2.69. The summed E-state index contributed by atoms with van der Waals surface area (Å²) in [6, 6.07) is 0.559. The van der Waals surface area contributed by atoms with Crippen LogP contribution in [-0.2, 0) is 12.0 Å². The van der Waals surface area contributed by atoms with Crippen LogP contribution in [0.25, 0.3) is 0 Å². The molecule has 0 saturated heterocycles. The topological polar surface area (TPSA) is 49.3 Å². The van der Waals surface area contributed by atoms with Gasteiger partial charge in [0, 0.05) is 23.9 Å². The standard InChI is InChI=1S/C17H30N4S/c1-12-6-8-13(9-7-12)20-16(18-5)19-10-15-21-14(11-22-15)17(2,3)4/h11-13H,6-10H2,1-5H3,(H2,18,19,20). The Kier molecular flexibility index (Phi) is 5.84. The van der Waals surface area contributed by atoms with Crippen molar-refractivity contribution in [2.75, 3.05) is 7.05 Å². The van der Waals surface area contributed by atoms with Crippen LogP contribution in [0.15, 0.2) is 10.4 Å². The Labute approximate surface area is 138 Å². The first-order valence-electron chi connectivity index (χ1n) is 8.30. The van der Waals surface area contributed by atoms with Gasteiger partial charge in [-0.25, -0.2) is 4.98 Å². The van der Waals surface area contributed by atoms with Crippen LogP contribution in [0.2, 0.25) is 0 Å². The predicted molar refractivity (Wildman–Crippen MR) is 95.6 cm³/mol. The smallest absolute Gasteiger partial charge is 0.191 e. The maximum atomic E-state index is 4.72. The molecule has 1 aliphatic carbocycles. The van der Waals surface area contributed by atoms with E-state index in [0.29, 0.717) is 6.04 Å². The number of aromatic nitrogens is 1. The summed E-state index contributed by atoms with van der Waals surface area (Å²) in [7, 11) is 1.84. The van der Waals surface area contributed by atoms with Gasteiger partial charge < -0.3 is 10.6 Å². The molecular formula is C17H30N4S. The Morgan fingerprint density at radius 1 is 1.32 bits per heavy atom. The number of rotatable bonds is 3. The lowest BCUT2D eigenvalue weighted by Crippen LogP contribution is -2.44. The first-order chi connectivity index (χ1) is 10.4. The van der Waals surface area contributed by atoms with Crippen LogP contribution in [-0.4, -0.2) is 24.0 Å². The molecule has 0 spiro atoms. The molecule has 0 bridgehead atoms. The van der Waals surface area contributed by atoms with Crippen molar-refractivity contribution in [3.05, 3.63) is 16.1 Å². The first-order valence-corrected chi connectivity index (χ1v) is 9.18. The normalized spacial score (nSPS) is 23.4. The highest BCUT2D eigenvalue weighted by Crippen LogP contribution is 2.24. The molecule has 2 rings (SSSR count). The van der Waals surface area contributed by atoms with Gasteiger partial charge in [0.15, 0.2) is 5.96 Å². The van der Waals surface area contributed by atoms with E-state index in [1.807, 2.05) is 7.05 Å². The highest BCUT2D eigenvalue weighted by molar-refractivity contribution is 7.09. The van der Waals surface area contributed by atoms with Gasteiger partial charge in [-0.3, -0.25) is 4.99 Å². The lowest BCUT2D eigenvalue weighted by molar-refractivity contribution is 0.329. The molecular weight excluding hydrogens is 292 g/mol. The Morgan fingerprint density at radius 2 is 2.00 bits per heavy atom. The molecule has 1 heterocycles. The molecule has 0 aromatic carbocycles. The van der Waals surface area contributed by atoms with Gasteiger partial charge >= 0.3 is 0 Å². The summed E-state index contributed by atoms with van der Waals surface area (Å²) in [6.07, 6.45) is 5.12. The molecule has 4 nitrogen and oxygen atoms in total. The summed E-state index contributed by atoms with van der Waals surface area (Å²) in [5.41, 5.74) is 1.28. The minimum atomic E-state index is 0.119. The van der Waals surface area contributed by atoms with Gasteiger partial charge in [-0.05, 0) is 31.6 Å². The average molecular weight is 323 g/mol. The molecule has 0 amide bonds. The van der Waals surface area contributed by atoms with Crippen LogP contribution in [0, 0.1) is 5.92 Å². The van der Waals surface area contributed by atoms with Crippen molar-refractivity contribution >= 4 is 17.3 Å². The van der Waals surface area contributed by atoms with Crippen molar-refractivity contribution in [1.29, 1.82) is 0 Å². The quantitative estimate of drug-likeness (QED) is 0.659. The molecule has 22 heavy (non-hydrogen) atoms. The molecule has 124 valence electrons. The third kappa shape index (κ3) is 4.97. The van der Waals surface area contributed by atoms with Crippen LogP contribution in [0.3, 0.4) is 0 Å². The summed E-state index contributed by atoms with van der Waals surface area (Å²) < 4.78 is 0. The van der Waals surface area contributed by atoms with Crippen molar-refractivity contribution in [3.8, 4) is 0 Å². The summed E-state index contributed by atoms with van der Waals surface area (Å²) in [5, 5.41) is 10.2. The first kappa shape index (κ1) is 17.3. The van der Waals surface area contributed by atoms with E-state index in [9.17, 15) is 0 Å². The second kappa shape index (κ2) is 7.44. The number of nitrogens with one attached hydrogen (secondary N) is 2. The molecule has 2 N–H and O–H groups in total. The van der Waals surface area contributed by atoms with E-state index in [1.54, 1.807) is 11.3 Å². The maximum Gasteiger partial charge on any atom is 0.191 e. The largest absolute Gasteiger partial charge is 0.354 e. The zero-order valence-corrected chi connectivity index (χ0v) is 15.4. The molecule has 0 atom stereocenters. The highest BCUT2D eigenvalue weighted by Gasteiger charge is 2.20. The van der Waals surface area contributed by atoms with Gasteiger partial charge in [0.05, 0.1) is 12.2 Å². The van der Waals surface area contributed by atoms with Crippen molar-refractivity contribution in [1.82, 2.24) is 15.6 Å². The highest BCUT2D eigenvalue weighted by atomic mass is 32.1. The lowest BCUT2D eigenvalue weighted by atomic mass is 9.87.